The SMILES string of the molecule is COc1cc(CC#N)c(C(F)F)c(CCl)n1. The van der Waals surface area contributed by atoms with Gasteiger partial charge in [-0.15, -0.1) is 11.6 Å². The maximum atomic E-state index is 12.8. The summed E-state index contributed by atoms with van der Waals surface area (Å²) in [5, 5.41) is 8.56. The Bertz CT molecular complexity index is 418. The predicted octanol–water partition coefficient (Wildman–Crippen LogP) is 2.83. The van der Waals surface area contributed by atoms with Gasteiger partial charge in [-0.25, -0.2) is 13.8 Å². The number of methoxy groups -OCH3 is 1. The summed E-state index contributed by atoms with van der Waals surface area (Å²) < 4.78 is 30.4. The molecule has 0 aromatic carbocycles. The molecule has 16 heavy (non-hydrogen) atoms. The minimum absolute atomic E-state index is 0.0567. The van der Waals surface area contributed by atoms with Crippen LogP contribution in [0, 0.1) is 11.3 Å². The molecule has 0 spiro atoms. The summed E-state index contributed by atoms with van der Waals surface area (Å²) in [5.74, 6) is 0.0419. The van der Waals surface area contributed by atoms with Crippen LogP contribution in [0.5, 0.6) is 5.88 Å². The topological polar surface area (TPSA) is 45.9 Å². The monoisotopic (exact) mass is 246 g/mol. The maximum absolute atomic E-state index is 12.8. The van der Waals surface area contributed by atoms with Crippen molar-refractivity contribution in [2.45, 2.75) is 18.7 Å². The minimum Gasteiger partial charge on any atom is -0.481 e. The zero-order valence-electron chi connectivity index (χ0n) is 8.51. The fraction of sp³-hybridized carbons (Fsp3) is 0.400. The second-order valence-corrected chi connectivity index (χ2v) is 3.22. The molecule has 1 aromatic heterocycles. The van der Waals surface area contributed by atoms with E-state index in [2.05, 4.69) is 4.98 Å². The highest BCUT2D eigenvalue weighted by Gasteiger charge is 2.20. The Morgan fingerprint density at radius 2 is 2.31 bits per heavy atom. The normalized spacial score (nSPS) is 10.2. The first kappa shape index (κ1) is 12.7. The van der Waals surface area contributed by atoms with E-state index in [1.165, 1.54) is 13.2 Å². The Morgan fingerprint density at radius 1 is 1.62 bits per heavy atom. The van der Waals surface area contributed by atoms with E-state index < -0.39 is 6.43 Å². The molecule has 3 nitrogen and oxygen atoms in total. The number of nitriles is 1. The summed E-state index contributed by atoms with van der Waals surface area (Å²) in [7, 11) is 1.37. The molecule has 0 aliphatic heterocycles. The van der Waals surface area contributed by atoms with E-state index in [1.54, 1.807) is 0 Å². The quantitative estimate of drug-likeness (QED) is 0.768. The van der Waals surface area contributed by atoms with Gasteiger partial charge in [0.15, 0.2) is 0 Å². The highest BCUT2D eigenvalue weighted by Crippen LogP contribution is 2.29. The van der Waals surface area contributed by atoms with Gasteiger partial charge in [0, 0.05) is 11.6 Å². The number of ether oxygens (including phenoxy) is 1. The molecule has 0 saturated carbocycles. The molecule has 0 unspecified atom stereocenters. The molecule has 0 N–H and O–H groups in total. The molecule has 1 aromatic rings. The van der Waals surface area contributed by atoms with Crippen LogP contribution in [-0.2, 0) is 12.3 Å². The van der Waals surface area contributed by atoms with Crippen LogP contribution in [0.1, 0.15) is 23.2 Å². The summed E-state index contributed by atoms with van der Waals surface area (Å²) in [6, 6.07) is 3.16. The summed E-state index contributed by atoms with van der Waals surface area (Å²) in [4.78, 5) is 3.83. The maximum Gasteiger partial charge on any atom is 0.265 e. The zero-order valence-corrected chi connectivity index (χ0v) is 9.26. The van der Waals surface area contributed by atoms with Gasteiger partial charge < -0.3 is 4.74 Å². The first-order valence-electron chi connectivity index (χ1n) is 4.41. The number of alkyl halides is 3. The number of nitrogens with zero attached hydrogens (tertiary/aromatic N) is 2. The Balaban J connectivity index is 3.36. The third-order valence-corrected chi connectivity index (χ3v) is 2.28. The Kier molecular flexibility index (Phi) is 4.44. The highest BCUT2D eigenvalue weighted by atomic mass is 35.5. The van der Waals surface area contributed by atoms with Crippen molar-refractivity contribution in [1.29, 1.82) is 5.26 Å². The van der Waals surface area contributed by atoms with Crippen molar-refractivity contribution in [2.24, 2.45) is 0 Å². The fourth-order valence-electron chi connectivity index (χ4n) is 1.34. The van der Waals surface area contributed by atoms with Gasteiger partial charge in [-0.2, -0.15) is 5.26 Å². The largest absolute Gasteiger partial charge is 0.481 e. The van der Waals surface area contributed by atoms with Gasteiger partial charge in [-0.3, -0.25) is 0 Å². The Morgan fingerprint density at radius 3 is 2.75 bits per heavy atom. The molecular formula is C10H9ClF2N2O. The van der Waals surface area contributed by atoms with Gasteiger partial charge in [-0.1, -0.05) is 0 Å². The van der Waals surface area contributed by atoms with Crippen LogP contribution < -0.4 is 4.74 Å². The van der Waals surface area contributed by atoms with E-state index in [0.29, 0.717) is 0 Å². The molecule has 0 radical (unpaired) electrons. The number of halogens is 3. The van der Waals surface area contributed by atoms with Gasteiger partial charge in [-0.05, 0) is 5.56 Å². The van der Waals surface area contributed by atoms with Crippen molar-refractivity contribution in [3.05, 3.63) is 22.9 Å². The second kappa shape index (κ2) is 5.61. The molecule has 1 heterocycles. The van der Waals surface area contributed by atoms with E-state index in [-0.39, 0.29) is 35.0 Å². The van der Waals surface area contributed by atoms with Crippen molar-refractivity contribution in [3.63, 3.8) is 0 Å². The van der Waals surface area contributed by atoms with E-state index >= 15 is 0 Å². The molecule has 0 aliphatic carbocycles. The fourth-order valence-corrected chi connectivity index (χ4v) is 1.55. The van der Waals surface area contributed by atoms with Crippen LogP contribution in [0.3, 0.4) is 0 Å². The van der Waals surface area contributed by atoms with Gasteiger partial charge in [0.25, 0.3) is 6.43 Å². The van der Waals surface area contributed by atoms with E-state index in [4.69, 9.17) is 21.6 Å². The lowest BCUT2D eigenvalue weighted by Crippen LogP contribution is -2.04. The first-order chi connectivity index (χ1) is 7.63. The van der Waals surface area contributed by atoms with Crippen molar-refractivity contribution >= 4 is 11.6 Å². The van der Waals surface area contributed by atoms with Crippen LogP contribution in [0.2, 0.25) is 0 Å². The van der Waals surface area contributed by atoms with E-state index in [0.717, 1.165) is 0 Å². The molecule has 0 bridgehead atoms. The predicted molar refractivity (Wildman–Crippen MR) is 54.6 cm³/mol. The lowest BCUT2D eigenvalue weighted by atomic mass is 10.0. The summed E-state index contributed by atoms with van der Waals surface area (Å²) in [6.45, 7) is 0. The Labute approximate surface area is 96.6 Å². The lowest BCUT2D eigenvalue weighted by Gasteiger charge is -2.12. The summed E-state index contributed by atoms with van der Waals surface area (Å²) >= 11 is 5.54. The van der Waals surface area contributed by atoms with Crippen LogP contribution in [0.15, 0.2) is 6.07 Å². The van der Waals surface area contributed by atoms with Crippen LogP contribution >= 0.6 is 11.6 Å². The second-order valence-electron chi connectivity index (χ2n) is 2.95. The summed E-state index contributed by atoms with van der Waals surface area (Å²) in [5.41, 5.74) is -0.00128. The number of pyridine rings is 1. The van der Waals surface area contributed by atoms with Crippen LogP contribution in [0.4, 0.5) is 8.78 Å². The standard InChI is InChI=1S/C10H9ClF2N2O/c1-16-8-4-6(2-3-14)9(10(12)13)7(5-11)15-8/h4,10H,2,5H2,1H3. The number of rotatable bonds is 4. The van der Waals surface area contributed by atoms with Crippen molar-refractivity contribution in [2.75, 3.05) is 7.11 Å². The summed E-state index contributed by atoms with van der Waals surface area (Å²) in [6.07, 6.45) is -2.82. The molecular weight excluding hydrogens is 238 g/mol. The van der Waals surface area contributed by atoms with Crippen molar-refractivity contribution < 1.29 is 13.5 Å². The Hall–Kier alpha value is -1.41. The van der Waals surface area contributed by atoms with E-state index in [9.17, 15) is 8.78 Å². The number of aromatic nitrogens is 1. The zero-order chi connectivity index (χ0) is 12.1. The lowest BCUT2D eigenvalue weighted by molar-refractivity contribution is 0.148. The molecule has 0 fully saturated rings. The number of hydrogen-bond donors (Lipinski definition) is 0. The van der Waals surface area contributed by atoms with Gasteiger partial charge in [0.05, 0.1) is 31.2 Å². The molecule has 0 amide bonds. The van der Waals surface area contributed by atoms with Gasteiger partial charge in [0.2, 0.25) is 5.88 Å². The molecule has 0 aliphatic rings. The van der Waals surface area contributed by atoms with Crippen LogP contribution in [-0.4, -0.2) is 12.1 Å². The third-order valence-electron chi connectivity index (χ3n) is 2.02. The van der Waals surface area contributed by atoms with E-state index in [1.807, 2.05) is 6.07 Å². The average Bonchev–Trinajstić information content (AvgIpc) is 2.27. The average molecular weight is 247 g/mol. The number of hydrogen-bond acceptors (Lipinski definition) is 3. The molecule has 86 valence electrons. The molecule has 1 rings (SSSR count). The first-order valence-corrected chi connectivity index (χ1v) is 4.95. The molecule has 0 saturated heterocycles. The highest BCUT2D eigenvalue weighted by molar-refractivity contribution is 6.17. The smallest absolute Gasteiger partial charge is 0.265 e. The van der Waals surface area contributed by atoms with Gasteiger partial charge >= 0.3 is 0 Å². The minimum atomic E-state index is -2.70. The van der Waals surface area contributed by atoms with Crippen molar-refractivity contribution in [1.82, 2.24) is 4.98 Å². The molecule has 0 atom stereocenters. The van der Waals surface area contributed by atoms with Gasteiger partial charge in [0.1, 0.15) is 0 Å². The van der Waals surface area contributed by atoms with Crippen molar-refractivity contribution in [3.8, 4) is 11.9 Å². The van der Waals surface area contributed by atoms with Crippen LogP contribution in [0.25, 0.3) is 0 Å². The molecule has 6 heteroatoms. The third kappa shape index (κ3) is 2.58.